The van der Waals surface area contributed by atoms with Crippen molar-refractivity contribution in [2.24, 2.45) is 0 Å². The maximum Gasteiger partial charge on any atom is 0.180 e. The summed E-state index contributed by atoms with van der Waals surface area (Å²) in [7, 11) is 0. The Kier molecular flexibility index (Phi) is 4.95. The molecule has 2 aliphatic rings. The molecule has 8 nitrogen and oxygen atoms in total. The second-order valence-corrected chi connectivity index (χ2v) is 8.82. The van der Waals surface area contributed by atoms with Crippen LogP contribution in [0.15, 0.2) is 42.9 Å². The van der Waals surface area contributed by atoms with Crippen molar-refractivity contribution in [1.29, 1.82) is 0 Å². The van der Waals surface area contributed by atoms with Gasteiger partial charge in [0, 0.05) is 66.9 Å². The first kappa shape index (κ1) is 20.1. The molecule has 6 rings (SSSR count). The highest BCUT2D eigenvalue weighted by atomic mass is 16.5. The van der Waals surface area contributed by atoms with Gasteiger partial charge in [0.15, 0.2) is 11.5 Å². The number of aryl methyl sites for hydroxylation is 1. The molecular formula is C25H27N7O. The maximum absolute atomic E-state index is 5.47. The maximum atomic E-state index is 5.47. The van der Waals surface area contributed by atoms with Gasteiger partial charge in [0.2, 0.25) is 0 Å². The van der Waals surface area contributed by atoms with E-state index in [9.17, 15) is 0 Å². The number of hydrogen-bond acceptors (Lipinski definition) is 7. The minimum absolute atomic E-state index is 0.795. The van der Waals surface area contributed by atoms with Crippen molar-refractivity contribution in [2.75, 3.05) is 42.6 Å². The zero-order valence-electron chi connectivity index (χ0n) is 19.0. The number of benzene rings is 1. The van der Waals surface area contributed by atoms with E-state index in [0.717, 1.165) is 74.0 Å². The van der Waals surface area contributed by atoms with Crippen molar-refractivity contribution in [3.05, 3.63) is 65.2 Å². The van der Waals surface area contributed by atoms with Gasteiger partial charge in [-0.15, -0.1) is 15.3 Å². The third-order valence-corrected chi connectivity index (χ3v) is 6.88. The topological polar surface area (TPSA) is 71.7 Å². The van der Waals surface area contributed by atoms with Gasteiger partial charge in [0.05, 0.1) is 13.2 Å². The molecular weight excluding hydrogens is 414 g/mol. The van der Waals surface area contributed by atoms with Gasteiger partial charge in [-0.05, 0) is 43.2 Å². The molecule has 0 aliphatic carbocycles. The predicted molar refractivity (Wildman–Crippen MR) is 128 cm³/mol. The van der Waals surface area contributed by atoms with Crippen molar-refractivity contribution in [3.63, 3.8) is 0 Å². The first-order valence-corrected chi connectivity index (χ1v) is 11.5. The third-order valence-electron chi connectivity index (χ3n) is 6.88. The molecule has 0 saturated carbocycles. The van der Waals surface area contributed by atoms with Crippen LogP contribution in [0.25, 0.3) is 16.8 Å². The molecule has 0 atom stereocenters. The molecule has 5 heterocycles. The van der Waals surface area contributed by atoms with Crippen LogP contribution in [0.4, 0.5) is 11.5 Å². The Morgan fingerprint density at radius 3 is 2.55 bits per heavy atom. The predicted octanol–water partition coefficient (Wildman–Crippen LogP) is 3.20. The number of pyridine rings is 1. The highest BCUT2D eigenvalue weighted by Gasteiger charge is 2.23. The van der Waals surface area contributed by atoms with Gasteiger partial charge in [-0.2, -0.15) is 4.52 Å². The summed E-state index contributed by atoms with van der Waals surface area (Å²) in [6.07, 6.45) is 4.59. The summed E-state index contributed by atoms with van der Waals surface area (Å²) in [4.78, 5) is 9.54. The SMILES string of the molecule is Cc1c(N2CCc3ncc(-c4ccc(N5CCOCC5)cc4)cc3C2)nn2cnnc2c1C. The van der Waals surface area contributed by atoms with Gasteiger partial charge in [-0.3, -0.25) is 4.98 Å². The molecule has 0 N–H and O–H groups in total. The Morgan fingerprint density at radius 2 is 1.73 bits per heavy atom. The van der Waals surface area contributed by atoms with Crippen LogP contribution in [0.5, 0.6) is 0 Å². The van der Waals surface area contributed by atoms with E-state index in [-0.39, 0.29) is 0 Å². The summed E-state index contributed by atoms with van der Waals surface area (Å²) in [6, 6.07) is 11.1. The normalized spacial score (nSPS) is 16.3. The van der Waals surface area contributed by atoms with Gasteiger partial charge in [-0.25, -0.2) is 0 Å². The summed E-state index contributed by atoms with van der Waals surface area (Å²) in [5, 5.41) is 13.0. The number of rotatable bonds is 3. The fourth-order valence-electron chi connectivity index (χ4n) is 4.81. The van der Waals surface area contributed by atoms with Crippen LogP contribution < -0.4 is 9.80 Å². The Bertz CT molecular complexity index is 1310. The first-order valence-electron chi connectivity index (χ1n) is 11.5. The zero-order valence-corrected chi connectivity index (χ0v) is 19.0. The van der Waals surface area contributed by atoms with Crippen molar-refractivity contribution in [2.45, 2.75) is 26.8 Å². The molecule has 0 bridgehead atoms. The minimum Gasteiger partial charge on any atom is -0.378 e. The minimum atomic E-state index is 0.795. The fourth-order valence-corrected chi connectivity index (χ4v) is 4.81. The first-order chi connectivity index (χ1) is 16.2. The molecule has 0 spiro atoms. The molecule has 33 heavy (non-hydrogen) atoms. The van der Waals surface area contributed by atoms with E-state index >= 15 is 0 Å². The standard InChI is InChI=1S/C25H27N7O/c1-17-18(2)25(29-32-16-27-28-24(17)32)31-8-7-23-21(15-31)13-20(14-26-23)19-3-5-22(6-4-19)30-9-11-33-12-10-30/h3-6,13-14,16H,7-12,15H2,1-2H3. The quantitative estimate of drug-likeness (QED) is 0.483. The monoisotopic (exact) mass is 441 g/mol. The van der Waals surface area contributed by atoms with Gasteiger partial charge in [0.25, 0.3) is 0 Å². The van der Waals surface area contributed by atoms with E-state index in [1.54, 1.807) is 10.8 Å². The van der Waals surface area contributed by atoms with Crippen LogP contribution in [-0.2, 0) is 17.7 Å². The number of ether oxygens (including phenoxy) is 1. The molecule has 1 aromatic carbocycles. The lowest BCUT2D eigenvalue weighted by atomic mass is 9.99. The smallest absolute Gasteiger partial charge is 0.180 e. The van der Waals surface area contributed by atoms with E-state index in [0.29, 0.717) is 0 Å². The number of morpholine rings is 1. The average molecular weight is 442 g/mol. The van der Waals surface area contributed by atoms with Crippen molar-refractivity contribution in [1.82, 2.24) is 24.8 Å². The number of hydrogen-bond donors (Lipinski definition) is 0. The number of aromatic nitrogens is 5. The lowest BCUT2D eigenvalue weighted by molar-refractivity contribution is 0.122. The molecule has 2 aliphatic heterocycles. The molecule has 4 aromatic rings. The highest BCUT2D eigenvalue weighted by molar-refractivity contribution is 5.67. The molecule has 0 amide bonds. The van der Waals surface area contributed by atoms with E-state index in [2.05, 4.69) is 64.2 Å². The van der Waals surface area contributed by atoms with E-state index in [1.165, 1.54) is 22.5 Å². The molecule has 8 heteroatoms. The second kappa shape index (κ2) is 8.12. The van der Waals surface area contributed by atoms with Gasteiger partial charge < -0.3 is 14.5 Å². The summed E-state index contributed by atoms with van der Waals surface area (Å²) >= 11 is 0. The second-order valence-electron chi connectivity index (χ2n) is 8.82. The molecule has 1 fully saturated rings. The van der Waals surface area contributed by atoms with Crippen LogP contribution in [-0.4, -0.2) is 57.6 Å². The Balaban J connectivity index is 1.27. The molecule has 1 saturated heterocycles. The lowest BCUT2D eigenvalue weighted by Gasteiger charge is -2.31. The zero-order chi connectivity index (χ0) is 22.4. The summed E-state index contributed by atoms with van der Waals surface area (Å²) < 4.78 is 7.25. The van der Waals surface area contributed by atoms with E-state index < -0.39 is 0 Å². The van der Waals surface area contributed by atoms with Crippen molar-refractivity contribution < 1.29 is 4.74 Å². The molecule has 168 valence electrons. The van der Waals surface area contributed by atoms with Crippen LogP contribution in [0, 0.1) is 13.8 Å². The summed E-state index contributed by atoms with van der Waals surface area (Å²) in [6.45, 7) is 9.38. The van der Waals surface area contributed by atoms with Crippen LogP contribution >= 0.6 is 0 Å². The van der Waals surface area contributed by atoms with Crippen LogP contribution in [0.2, 0.25) is 0 Å². The largest absolute Gasteiger partial charge is 0.378 e. The Hall–Kier alpha value is -3.52. The molecule has 0 unspecified atom stereocenters. The Morgan fingerprint density at radius 1 is 0.909 bits per heavy atom. The highest BCUT2D eigenvalue weighted by Crippen LogP contribution is 2.30. The summed E-state index contributed by atoms with van der Waals surface area (Å²) in [5.41, 5.74) is 9.13. The number of anilines is 2. The van der Waals surface area contributed by atoms with E-state index in [4.69, 9.17) is 14.8 Å². The Labute approximate surface area is 192 Å². The lowest BCUT2D eigenvalue weighted by Crippen LogP contribution is -2.36. The van der Waals surface area contributed by atoms with Gasteiger partial charge in [-0.1, -0.05) is 12.1 Å². The van der Waals surface area contributed by atoms with Crippen LogP contribution in [0.1, 0.15) is 22.4 Å². The van der Waals surface area contributed by atoms with Crippen LogP contribution in [0.3, 0.4) is 0 Å². The van der Waals surface area contributed by atoms with E-state index in [1.807, 2.05) is 6.20 Å². The number of fused-ring (bicyclic) bond motifs is 2. The average Bonchev–Trinajstić information content (AvgIpc) is 3.35. The third kappa shape index (κ3) is 3.60. The van der Waals surface area contributed by atoms with Gasteiger partial charge in [0.1, 0.15) is 6.33 Å². The fraction of sp³-hybridized carbons (Fsp3) is 0.360. The summed E-state index contributed by atoms with van der Waals surface area (Å²) in [5.74, 6) is 0.991. The molecule has 0 radical (unpaired) electrons. The van der Waals surface area contributed by atoms with Gasteiger partial charge >= 0.3 is 0 Å². The van der Waals surface area contributed by atoms with Crippen molar-refractivity contribution >= 4 is 17.2 Å². The number of nitrogens with zero attached hydrogens (tertiary/aromatic N) is 7. The molecule has 3 aromatic heterocycles. The van der Waals surface area contributed by atoms with Crippen molar-refractivity contribution in [3.8, 4) is 11.1 Å².